The van der Waals surface area contributed by atoms with Crippen LogP contribution >= 0.6 is 0 Å². The lowest BCUT2D eigenvalue weighted by Crippen LogP contribution is -2.41. The molecule has 2 aromatic carbocycles. The molecule has 0 aliphatic rings. The fourth-order valence-electron chi connectivity index (χ4n) is 3.69. The Morgan fingerprint density at radius 1 is 0.897 bits per heavy atom. The minimum absolute atomic E-state index is 0.0986. The van der Waals surface area contributed by atoms with E-state index in [1.165, 1.54) is 9.13 Å². The molecule has 0 saturated carbocycles. The second-order valence-corrected chi connectivity index (χ2v) is 7.63. The average Bonchev–Trinajstić information content (AvgIpc) is 3.14. The summed E-state index contributed by atoms with van der Waals surface area (Å²) in [5.74, 6) is 0. The average molecular weight is 388 g/mol. The first kappa shape index (κ1) is 18.9. The molecule has 4 rings (SSSR count). The van der Waals surface area contributed by atoms with E-state index in [1.807, 2.05) is 86.9 Å². The number of benzene rings is 2. The van der Waals surface area contributed by atoms with E-state index >= 15 is 0 Å². The van der Waals surface area contributed by atoms with Crippen LogP contribution in [0, 0.1) is 6.92 Å². The van der Waals surface area contributed by atoms with Gasteiger partial charge in [-0.1, -0.05) is 48.0 Å². The minimum atomic E-state index is -0.376. The first-order chi connectivity index (χ1) is 13.9. The molecule has 0 N–H and O–H groups in total. The maximum absolute atomic E-state index is 13.3. The molecule has 148 valence electrons. The van der Waals surface area contributed by atoms with Crippen LogP contribution in [0.4, 0.5) is 0 Å². The smallest absolute Gasteiger partial charge is 0.317 e. The van der Waals surface area contributed by atoms with Gasteiger partial charge >= 0.3 is 5.69 Å². The topological polar surface area (TPSA) is 61.8 Å². The molecular formula is C23H24N4O2. The zero-order chi connectivity index (χ0) is 20.7. The van der Waals surface area contributed by atoms with Crippen molar-refractivity contribution in [1.82, 2.24) is 18.7 Å². The van der Waals surface area contributed by atoms with Crippen molar-refractivity contribution in [2.24, 2.45) is 0 Å². The van der Waals surface area contributed by atoms with Crippen LogP contribution in [0.3, 0.4) is 0 Å². The number of hydrogen-bond donors (Lipinski definition) is 0. The predicted molar refractivity (Wildman–Crippen MR) is 115 cm³/mol. The molecule has 29 heavy (non-hydrogen) atoms. The van der Waals surface area contributed by atoms with Crippen LogP contribution in [-0.4, -0.2) is 18.7 Å². The van der Waals surface area contributed by atoms with E-state index in [2.05, 4.69) is 4.98 Å². The number of aromatic nitrogens is 4. The van der Waals surface area contributed by atoms with Crippen LogP contribution < -0.4 is 11.2 Å². The highest BCUT2D eigenvalue weighted by Gasteiger charge is 2.22. The summed E-state index contributed by atoms with van der Waals surface area (Å²) in [6, 6.07) is 17.2. The summed E-state index contributed by atoms with van der Waals surface area (Å²) in [4.78, 5) is 31.1. The van der Waals surface area contributed by atoms with Crippen molar-refractivity contribution in [2.75, 3.05) is 0 Å². The first-order valence-corrected chi connectivity index (χ1v) is 9.76. The maximum atomic E-state index is 13.3. The molecule has 4 aromatic rings. The van der Waals surface area contributed by atoms with Crippen molar-refractivity contribution < 1.29 is 0 Å². The fraction of sp³-hybridized carbons (Fsp3) is 0.261. The Morgan fingerprint density at radius 2 is 1.55 bits per heavy atom. The Balaban J connectivity index is 2.07. The van der Waals surface area contributed by atoms with Gasteiger partial charge in [-0.15, -0.1) is 0 Å². The van der Waals surface area contributed by atoms with Crippen molar-refractivity contribution in [1.29, 1.82) is 0 Å². The van der Waals surface area contributed by atoms with Crippen LogP contribution in [0.5, 0.6) is 0 Å². The van der Waals surface area contributed by atoms with Gasteiger partial charge in [0.2, 0.25) is 0 Å². The Hall–Kier alpha value is -3.41. The summed E-state index contributed by atoms with van der Waals surface area (Å²) >= 11 is 0. The van der Waals surface area contributed by atoms with Crippen LogP contribution in [0.2, 0.25) is 0 Å². The number of imidazole rings is 1. The SMILES string of the molecule is Cc1ccc(-n2c(=O)n(C(C)C)c(=O)c3c2ncn3C(C)c2ccccc2)cc1. The Kier molecular flexibility index (Phi) is 4.70. The van der Waals surface area contributed by atoms with E-state index in [4.69, 9.17) is 0 Å². The van der Waals surface area contributed by atoms with Gasteiger partial charge in [-0.05, 0) is 45.4 Å². The van der Waals surface area contributed by atoms with Crippen LogP contribution in [-0.2, 0) is 0 Å². The van der Waals surface area contributed by atoms with Gasteiger partial charge in [-0.3, -0.25) is 9.36 Å². The van der Waals surface area contributed by atoms with Crippen molar-refractivity contribution in [3.63, 3.8) is 0 Å². The molecule has 0 radical (unpaired) electrons. The molecule has 1 unspecified atom stereocenters. The molecule has 1 atom stereocenters. The molecule has 2 aromatic heterocycles. The van der Waals surface area contributed by atoms with Crippen molar-refractivity contribution in [2.45, 2.75) is 39.8 Å². The minimum Gasteiger partial charge on any atom is -0.317 e. The van der Waals surface area contributed by atoms with Gasteiger partial charge in [-0.25, -0.2) is 14.3 Å². The highest BCUT2D eigenvalue weighted by Crippen LogP contribution is 2.22. The maximum Gasteiger partial charge on any atom is 0.337 e. The van der Waals surface area contributed by atoms with Crippen LogP contribution in [0.1, 0.15) is 44.0 Å². The summed E-state index contributed by atoms with van der Waals surface area (Å²) in [5.41, 5.74) is 2.97. The zero-order valence-electron chi connectivity index (χ0n) is 17.0. The van der Waals surface area contributed by atoms with Gasteiger partial charge < -0.3 is 4.57 Å². The Morgan fingerprint density at radius 3 is 2.17 bits per heavy atom. The first-order valence-electron chi connectivity index (χ1n) is 9.76. The van der Waals surface area contributed by atoms with E-state index in [9.17, 15) is 9.59 Å². The molecule has 0 saturated heterocycles. The summed E-state index contributed by atoms with van der Waals surface area (Å²) in [6.07, 6.45) is 1.65. The lowest BCUT2D eigenvalue weighted by atomic mass is 10.1. The van der Waals surface area contributed by atoms with Crippen molar-refractivity contribution >= 4 is 11.2 Å². The molecule has 0 aliphatic heterocycles. The zero-order valence-corrected chi connectivity index (χ0v) is 17.0. The Bertz CT molecular complexity index is 1280. The monoisotopic (exact) mass is 388 g/mol. The van der Waals surface area contributed by atoms with Gasteiger partial charge in [0.15, 0.2) is 11.2 Å². The molecule has 2 heterocycles. The van der Waals surface area contributed by atoms with E-state index < -0.39 is 0 Å². The van der Waals surface area contributed by atoms with E-state index in [-0.39, 0.29) is 23.3 Å². The standard InChI is InChI=1S/C23H24N4O2/c1-15(2)26-22(28)20-21(27(23(26)29)19-12-10-16(3)11-13-19)24-14-25(20)17(4)18-8-6-5-7-9-18/h5-15,17H,1-4H3. The molecule has 6 nitrogen and oxygen atoms in total. The summed E-state index contributed by atoms with van der Waals surface area (Å²) in [5, 5.41) is 0. The van der Waals surface area contributed by atoms with Crippen molar-refractivity contribution in [3.05, 3.63) is 92.9 Å². The fourth-order valence-corrected chi connectivity index (χ4v) is 3.69. The van der Waals surface area contributed by atoms with E-state index in [0.29, 0.717) is 16.9 Å². The molecule has 6 heteroatoms. The number of fused-ring (bicyclic) bond motifs is 1. The van der Waals surface area contributed by atoms with Crippen molar-refractivity contribution in [3.8, 4) is 5.69 Å². The normalized spacial score (nSPS) is 12.6. The molecule has 0 spiro atoms. The molecular weight excluding hydrogens is 364 g/mol. The van der Waals surface area contributed by atoms with E-state index in [1.54, 1.807) is 6.33 Å². The lowest BCUT2D eigenvalue weighted by molar-refractivity contribution is 0.536. The highest BCUT2D eigenvalue weighted by atomic mass is 16.2. The number of rotatable bonds is 4. The summed E-state index contributed by atoms with van der Waals surface area (Å²) < 4.78 is 4.69. The summed E-state index contributed by atoms with van der Waals surface area (Å²) in [6.45, 7) is 7.70. The third kappa shape index (κ3) is 3.10. The molecule has 0 amide bonds. The second kappa shape index (κ2) is 7.20. The van der Waals surface area contributed by atoms with Gasteiger partial charge in [0, 0.05) is 6.04 Å². The predicted octanol–water partition coefficient (Wildman–Crippen LogP) is 3.85. The number of hydrogen-bond acceptors (Lipinski definition) is 3. The van der Waals surface area contributed by atoms with Crippen LogP contribution in [0.15, 0.2) is 70.5 Å². The molecule has 0 bridgehead atoms. The quantitative estimate of drug-likeness (QED) is 0.533. The number of nitrogens with zero attached hydrogens (tertiary/aromatic N) is 4. The van der Waals surface area contributed by atoms with Gasteiger partial charge in [0.05, 0.1) is 18.1 Å². The second-order valence-electron chi connectivity index (χ2n) is 7.63. The third-order valence-electron chi connectivity index (χ3n) is 5.31. The van der Waals surface area contributed by atoms with Gasteiger partial charge in [0.1, 0.15) is 0 Å². The largest absolute Gasteiger partial charge is 0.337 e. The lowest BCUT2D eigenvalue weighted by Gasteiger charge is -2.17. The molecule has 0 aliphatic carbocycles. The van der Waals surface area contributed by atoms with E-state index in [0.717, 1.165) is 11.1 Å². The third-order valence-corrected chi connectivity index (χ3v) is 5.31. The Labute approximate surface area is 168 Å². The van der Waals surface area contributed by atoms with Gasteiger partial charge in [-0.2, -0.15) is 0 Å². The summed E-state index contributed by atoms with van der Waals surface area (Å²) in [7, 11) is 0. The number of aryl methyl sites for hydroxylation is 1. The van der Waals surface area contributed by atoms with Gasteiger partial charge in [0.25, 0.3) is 5.56 Å². The molecule has 0 fully saturated rings. The van der Waals surface area contributed by atoms with Crippen LogP contribution in [0.25, 0.3) is 16.9 Å². The highest BCUT2D eigenvalue weighted by molar-refractivity contribution is 5.73.